The number of nitrogens with one attached hydrogen (secondary N) is 1. The molecule has 1 N–H and O–H groups in total. The van der Waals surface area contributed by atoms with Crippen molar-refractivity contribution >= 4 is 22.5 Å². The molecular formula is C16H17N5OS. The van der Waals surface area contributed by atoms with Gasteiger partial charge in [-0.1, -0.05) is 19.9 Å². The summed E-state index contributed by atoms with van der Waals surface area (Å²) in [6.45, 7) is 4.28. The molecule has 0 spiro atoms. The Bertz CT molecular complexity index is 785. The lowest BCUT2D eigenvalue weighted by Crippen LogP contribution is -1.95. The van der Waals surface area contributed by atoms with Crippen LogP contribution in [0, 0.1) is 0 Å². The van der Waals surface area contributed by atoms with Crippen LogP contribution in [0.15, 0.2) is 36.7 Å². The number of nitrogens with zero attached hydrogens (tertiary/aromatic N) is 4. The molecule has 0 fully saturated rings. The maximum atomic E-state index is 5.19. The second kappa shape index (κ2) is 6.70. The summed E-state index contributed by atoms with van der Waals surface area (Å²) in [6, 6.07) is 7.60. The molecule has 0 aliphatic carbocycles. The molecule has 0 aromatic carbocycles. The third kappa shape index (κ3) is 3.62. The lowest BCUT2D eigenvalue weighted by atomic mass is 10.1. The summed E-state index contributed by atoms with van der Waals surface area (Å²) in [6.07, 6.45) is 3.55. The number of methoxy groups -OCH3 is 1. The molecule has 6 nitrogen and oxygen atoms in total. The average molecular weight is 327 g/mol. The second-order valence-electron chi connectivity index (χ2n) is 5.26. The van der Waals surface area contributed by atoms with Crippen molar-refractivity contribution in [1.29, 1.82) is 0 Å². The number of anilines is 2. The first-order valence-electron chi connectivity index (χ1n) is 7.23. The van der Waals surface area contributed by atoms with Gasteiger partial charge in [-0.15, -0.1) is 0 Å². The van der Waals surface area contributed by atoms with Crippen molar-refractivity contribution in [2.45, 2.75) is 19.8 Å². The molecular weight excluding hydrogens is 310 g/mol. The highest BCUT2D eigenvalue weighted by Crippen LogP contribution is 2.24. The molecule has 0 aliphatic heterocycles. The first-order valence-corrected chi connectivity index (χ1v) is 8.00. The summed E-state index contributed by atoms with van der Waals surface area (Å²) >= 11 is 1.27. The Morgan fingerprint density at radius 1 is 1.17 bits per heavy atom. The largest absolute Gasteiger partial charge is 0.497 e. The fourth-order valence-electron chi connectivity index (χ4n) is 1.97. The highest BCUT2D eigenvalue weighted by atomic mass is 32.1. The predicted molar refractivity (Wildman–Crippen MR) is 91.3 cm³/mol. The second-order valence-corrected chi connectivity index (χ2v) is 6.01. The van der Waals surface area contributed by atoms with Crippen LogP contribution in [-0.4, -0.2) is 26.4 Å². The van der Waals surface area contributed by atoms with Crippen LogP contribution in [0.3, 0.4) is 0 Å². The van der Waals surface area contributed by atoms with E-state index in [0.717, 1.165) is 11.6 Å². The Balaban J connectivity index is 1.76. The van der Waals surface area contributed by atoms with Crippen LogP contribution >= 0.6 is 11.5 Å². The van der Waals surface area contributed by atoms with Crippen LogP contribution in [-0.2, 0) is 0 Å². The molecule has 7 heteroatoms. The van der Waals surface area contributed by atoms with Crippen LogP contribution in [0.2, 0.25) is 0 Å². The van der Waals surface area contributed by atoms with Crippen LogP contribution < -0.4 is 10.1 Å². The van der Waals surface area contributed by atoms with Crippen molar-refractivity contribution in [2.24, 2.45) is 0 Å². The quantitative estimate of drug-likeness (QED) is 0.767. The molecule has 118 valence electrons. The van der Waals surface area contributed by atoms with Gasteiger partial charge < -0.3 is 10.1 Å². The topological polar surface area (TPSA) is 72.8 Å². The van der Waals surface area contributed by atoms with Gasteiger partial charge in [0.1, 0.15) is 17.3 Å². The van der Waals surface area contributed by atoms with Gasteiger partial charge in [-0.05, 0) is 23.6 Å². The molecule has 0 bridgehead atoms. The van der Waals surface area contributed by atoms with E-state index in [9.17, 15) is 0 Å². The Kier molecular flexibility index (Phi) is 4.47. The molecule has 3 heterocycles. The van der Waals surface area contributed by atoms with Crippen molar-refractivity contribution in [2.75, 3.05) is 12.4 Å². The van der Waals surface area contributed by atoms with Gasteiger partial charge in [-0.3, -0.25) is 4.98 Å². The summed E-state index contributed by atoms with van der Waals surface area (Å²) in [7, 11) is 1.62. The zero-order chi connectivity index (χ0) is 16.2. The minimum Gasteiger partial charge on any atom is -0.497 e. The SMILES string of the molecule is COc1ccnc(-c2nsc(Nc3ccc(C(C)C)cn3)n2)c1. The van der Waals surface area contributed by atoms with Gasteiger partial charge >= 0.3 is 0 Å². The fraction of sp³-hybridized carbons (Fsp3) is 0.250. The minimum atomic E-state index is 0.462. The van der Waals surface area contributed by atoms with Crippen LogP contribution in [0.25, 0.3) is 11.5 Å². The molecule has 3 aromatic rings. The molecule has 0 saturated carbocycles. The lowest BCUT2D eigenvalue weighted by molar-refractivity contribution is 0.414. The highest BCUT2D eigenvalue weighted by Gasteiger charge is 2.09. The minimum absolute atomic E-state index is 0.462. The highest BCUT2D eigenvalue weighted by molar-refractivity contribution is 7.09. The number of pyridine rings is 2. The van der Waals surface area contributed by atoms with E-state index >= 15 is 0 Å². The van der Waals surface area contributed by atoms with Gasteiger partial charge in [-0.2, -0.15) is 9.36 Å². The average Bonchev–Trinajstić information content (AvgIpc) is 3.04. The Morgan fingerprint density at radius 3 is 2.74 bits per heavy atom. The summed E-state index contributed by atoms with van der Waals surface area (Å²) in [5.74, 6) is 2.50. The van der Waals surface area contributed by atoms with Gasteiger partial charge in [0.15, 0.2) is 5.82 Å². The number of rotatable bonds is 5. The van der Waals surface area contributed by atoms with Crippen molar-refractivity contribution in [3.05, 3.63) is 42.2 Å². The normalized spacial score (nSPS) is 10.8. The first kappa shape index (κ1) is 15.4. The molecule has 0 amide bonds. The number of ether oxygens (including phenoxy) is 1. The lowest BCUT2D eigenvalue weighted by Gasteiger charge is -2.05. The summed E-state index contributed by atoms with van der Waals surface area (Å²) in [5, 5.41) is 3.84. The smallest absolute Gasteiger partial charge is 0.208 e. The van der Waals surface area contributed by atoms with Gasteiger partial charge in [0.2, 0.25) is 5.13 Å². The third-order valence-corrected chi connectivity index (χ3v) is 3.94. The van der Waals surface area contributed by atoms with Crippen molar-refractivity contribution in [3.63, 3.8) is 0 Å². The molecule has 0 aliphatic rings. The van der Waals surface area contributed by atoms with E-state index in [1.807, 2.05) is 18.3 Å². The van der Waals surface area contributed by atoms with E-state index in [1.165, 1.54) is 17.1 Å². The monoisotopic (exact) mass is 327 g/mol. The van der Waals surface area contributed by atoms with Crippen molar-refractivity contribution < 1.29 is 4.74 Å². The van der Waals surface area contributed by atoms with E-state index in [2.05, 4.69) is 44.6 Å². The molecule has 3 aromatic heterocycles. The zero-order valence-corrected chi connectivity index (χ0v) is 14.0. The molecule has 0 atom stereocenters. The molecule has 23 heavy (non-hydrogen) atoms. The van der Waals surface area contributed by atoms with Crippen LogP contribution in [0.5, 0.6) is 5.75 Å². The number of hydrogen-bond donors (Lipinski definition) is 1. The van der Waals surface area contributed by atoms with E-state index in [1.54, 1.807) is 19.4 Å². The first-order chi connectivity index (χ1) is 11.2. The van der Waals surface area contributed by atoms with Gasteiger partial charge in [0.05, 0.1) is 7.11 Å². The summed E-state index contributed by atoms with van der Waals surface area (Å²) in [4.78, 5) is 13.1. The van der Waals surface area contributed by atoms with E-state index in [-0.39, 0.29) is 0 Å². The Morgan fingerprint density at radius 2 is 2.04 bits per heavy atom. The van der Waals surface area contributed by atoms with E-state index in [4.69, 9.17) is 4.74 Å². The van der Waals surface area contributed by atoms with Gasteiger partial charge in [0, 0.05) is 30.0 Å². The summed E-state index contributed by atoms with van der Waals surface area (Å²) < 4.78 is 9.52. The molecule has 0 radical (unpaired) electrons. The zero-order valence-electron chi connectivity index (χ0n) is 13.1. The van der Waals surface area contributed by atoms with Crippen LogP contribution in [0.1, 0.15) is 25.3 Å². The van der Waals surface area contributed by atoms with Crippen LogP contribution in [0.4, 0.5) is 10.9 Å². The third-order valence-electron chi connectivity index (χ3n) is 3.31. The Hall–Kier alpha value is -2.54. The fourth-order valence-corrected chi connectivity index (χ4v) is 2.55. The molecule has 3 rings (SSSR count). The summed E-state index contributed by atoms with van der Waals surface area (Å²) in [5.41, 5.74) is 1.88. The molecule has 0 saturated heterocycles. The Labute approximate surface area is 138 Å². The number of aromatic nitrogens is 4. The van der Waals surface area contributed by atoms with Gasteiger partial charge in [-0.25, -0.2) is 4.98 Å². The van der Waals surface area contributed by atoms with Gasteiger partial charge in [0.25, 0.3) is 0 Å². The van der Waals surface area contributed by atoms with E-state index < -0.39 is 0 Å². The maximum absolute atomic E-state index is 5.19. The van der Waals surface area contributed by atoms with Crippen molar-refractivity contribution in [1.82, 2.24) is 19.3 Å². The maximum Gasteiger partial charge on any atom is 0.208 e. The predicted octanol–water partition coefficient (Wildman–Crippen LogP) is 3.87. The van der Waals surface area contributed by atoms with E-state index in [0.29, 0.717) is 22.6 Å². The molecule has 0 unspecified atom stereocenters. The standard InChI is InChI=1S/C16H17N5OS/c1-10(2)11-4-5-14(18-9-11)19-16-20-15(21-23-16)13-8-12(22-3)6-7-17-13/h4-10H,1-3H3,(H,18,19,20,21). The number of hydrogen-bond acceptors (Lipinski definition) is 7. The van der Waals surface area contributed by atoms with Crippen molar-refractivity contribution in [3.8, 4) is 17.3 Å².